The monoisotopic (exact) mass is 261 g/mol. The van der Waals surface area contributed by atoms with Crippen LogP contribution in [0.25, 0.3) is 10.9 Å². The topological polar surface area (TPSA) is 42.1 Å². The first kappa shape index (κ1) is 11.2. The molecule has 0 aliphatic heterocycles. The molecule has 0 bridgehead atoms. The Bertz CT molecular complexity index is 580. The molecular weight excluding hydrogens is 256 g/mol. The van der Waals surface area contributed by atoms with Crippen LogP contribution in [0.4, 0.5) is 4.39 Å². The van der Waals surface area contributed by atoms with E-state index in [1.165, 1.54) is 19.2 Å². The number of benzene rings is 1. The van der Waals surface area contributed by atoms with Crippen LogP contribution in [0.5, 0.6) is 0 Å². The van der Waals surface area contributed by atoms with Crippen LogP contribution in [0, 0.1) is 5.82 Å². The summed E-state index contributed by atoms with van der Waals surface area (Å²) in [5, 5.41) is 0.175. The van der Waals surface area contributed by atoms with Crippen LogP contribution >= 0.6 is 23.2 Å². The lowest BCUT2D eigenvalue weighted by molar-refractivity contribution is 0.0595. The van der Waals surface area contributed by atoms with Crippen molar-refractivity contribution < 1.29 is 13.9 Å². The number of halogens is 3. The number of esters is 1. The molecule has 3 nitrogen and oxygen atoms in total. The van der Waals surface area contributed by atoms with Crippen molar-refractivity contribution in [2.75, 3.05) is 7.11 Å². The fraction of sp³-hybridized carbons (Fsp3) is 0.100. The normalized spacial score (nSPS) is 10.8. The van der Waals surface area contributed by atoms with Crippen LogP contribution in [0.3, 0.4) is 0 Å². The van der Waals surface area contributed by atoms with E-state index in [0.29, 0.717) is 10.9 Å². The molecule has 84 valence electrons. The van der Waals surface area contributed by atoms with Crippen molar-refractivity contribution >= 4 is 40.1 Å². The molecule has 0 spiro atoms. The Balaban J connectivity index is 2.71. The van der Waals surface area contributed by atoms with Gasteiger partial charge in [0.15, 0.2) is 5.82 Å². The van der Waals surface area contributed by atoms with E-state index in [0.717, 1.165) is 0 Å². The van der Waals surface area contributed by atoms with Crippen LogP contribution < -0.4 is 0 Å². The molecule has 0 radical (unpaired) electrons. The molecule has 1 N–H and O–H groups in total. The smallest absolute Gasteiger partial charge is 0.354 e. The van der Waals surface area contributed by atoms with Crippen molar-refractivity contribution in [3.8, 4) is 0 Å². The van der Waals surface area contributed by atoms with Gasteiger partial charge in [-0.1, -0.05) is 23.2 Å². The second kappa shape index (κ2) is 3.96. The first-order chi connectivity index (χ1) is 7.54. The van der Waals surface area contributed by atoms with Crippen molar-refractivity contribution in [3.63, 3.8) is 0 Å². The number of hydrogen-bond acceptors (Lipinski definition) is 2. The van der Waals surface area contributed by atoms with E-state index in [1.807, 2.05) is 0 Å². The predicted octanol–water partition coefficient (Wildman–Crippen LogP) is 3.40. The van der Waals surface area contributed by atoms with Crippen LogP contribution in [0.15, 0.2) is 12.1 Å². The minimum Gasteiger partial charge on any atom is -0.464 e. The second-order valence-electron chi connectivity index (χ2n) is 3.12. The Morgan fingerprint density at radius 3 is 2.75 bits per heavy atom. The van der Waals surface area contributed by atoms with Gasteiger partial charge in [-0.25, -0.2) is 9.18 Å². The van der Waals surface area contributed by atoms with Crippen molar-refractivity contribution in [3.05, 3.63) is 33.7 Å². The zero-order valence-corrected chi connectivity index (χ0v) is 9.62. The Morgan fingerprint density at radius 2 is 2.12 bits per heavy atom. The van der Waals surface area contributed by atoms with E-state index in [2.05, 4.69) is 9.72 Å². The fourth-order valence-corrected chi connectivity index (χ4v) is 1.91. The first-order valence-corrected chi connectivity index (χ1v) is 5.04. The third-order valence-electron chi connectivity index (χ3n) is 2.16. The molecule has 0 atom stereocenters. The number of aromatic nitrogens is 1. The van der Waals surface area contributed by atoms with E-state index >= 15 is 0 Å². The molecule has 0 aliphatic rings. The molecule has 0 saturated carbocycles. The van der Waals surface area contributed by atoms with Gasteiger partial charge in [0.2, 0.25) is 0 Å². The predicted molar refractivity (Wildman–Crippen MR) is 59.6 cm³/mol. The summed E-state index contributed by atoms with van der Waals surface area (Å²) in [7, 11) is 1.25. The quantitative estimate of drug-likeness (QED) is 0.632. The van der Waals surface area contributed by atoms with Gasteiger partial charge in [-0.3, -0.25) is 0 Å². The molecule has 0 fully saturated rings. The van der Waals surface area contributed by atoms with Crippen LogP contribution in [-0.2, 0) is 4.74 Å². The lowest BCUT2D eigenvalue weighted by atomic mass is 10.2. The number of rotatable bonds is 1. The third-order valence-corrected chi connectivity index (χ3v) is 2.81. The number of ether oxygens (including phenoxy) is 1. The van der Waals surface area contributed by atoms with E-state index < -0.39 is 11.8 Å². The Morgan fingerprint density at radius 1 is 1.44 bits per heavy atom. The second-order valence-corrected chi connectivity index (χ2v) is 3.91. The van der Waals surface area contributed by atoms with Gasteiger partial charge < -0.3 is 9.72 Å². The molecule has 2 rings (SSSR count). The minimum atomic E-state index is -0.703. The molecule has 0 aliphatic carbocycles. The van der Waals surface area contributed by atoms with Crippen molar-refractivity contribution in [1.29, 1.82) is 0 Å². The summed E-state index contributed by atoms with van der Waals surface area (Å²) in [5.74, 6) is -1.25. The van der Waals surface area contributed by atoms with Crippen molar-refractivity contribution in [2.45, 2.75) is 0 Å². The third kappa shape index (κ3) is 1.64. The highest BCUT2D eigenvalue weighted by molar-refractivity contribution is 6.39. The molecule has 0 unspecified atom stereocenters. The molecule has 16 heavy (non-hydrogen) atoms. The SMILES string of the molecule is COC(=O)c1cc2c(Cl)c(F)c(Cl)cc2[nH]1. The summed E-state index contributed by atoms with van der Waals surface area (Å²) < 4.78 is 17.9. The summed E-state index contributed by atoms with van der Waals surface area (Å²) in [6.07, 6.45) is 0. The Hall–Kier alpha value is -1.26. The van der Waals surface area contributed by atoms with E-state index in [1.54, 1.807) is 0 Å². The van der Waals surface area contributed by atoms with Gasteiger partial charge >= 0.3 is 5.97 Å². The number of methoxy groups -OCH3 is 1. The summed E-state index contributed by atoms with van der Waals surface area (Å²) in [6, 6.07) is 2.79. The molecule has 0 saturated heterocycles. The zero-order chi connectivity index (χ0) is 11.9. The van der Waals surface area contributed by atoms with Crippen LogP contribution in [0.1, 0.15) is 10.5 Å². The maximum atomic E-state index is 13.4. The molecule has 0 amide bonds. The number of carbonyl (C=O) groups excluding carboxylic acids is 1. The minimum absolute atomic E-state index is 0.101. The maximum absolute atomic E-state index is 13.4. The molecule has 1 aromatic heterocycles. The molecule has 1 heterocycles. The number of nitrogens with one attached hydrogen (secondary N) is 1. The lowest BCUT2D eigenvalue weighted by Gasteiger charge is -1.98. The molecule has 2 aromatic rings. The highest BCUT2D eigenvalue weighted by Crippen LogP contribution is 2.32. The fourth-order valence-electron chi connectivity index (χ4n) is 1.40. The Labute approximate surface area is 100 Å². The number of fused-ring (bicyclic) bond motifs is 1. The molecule has 1 aromatic carbocycles. The largest absolute Gasteiger partial charge is 0.464 e. The highest BCUT2D eigenvalue weighted by Gasteiger charge is 2.15. The number of aromatic amines is 1. The van der Waals surface area contributed by atoms with Crippen molar-refractivity contribution in [2.24, 2.45) is 0 Å². The summed E-state index contributed by atoms with van der Waals surface area (Å²) in [4.78, 5) is 14.0. The van der Waals surface area contributed by atoms with Gasteiger partial charge in [-0.05, 0) is 12.1 Å². The maximum Gasteiger partial charge on any atom is 0.354 e. The summed E-state index contributed by atoms with van der Waals surface area (Å²) in [6.45, 7) is 0. The van der Waals surface area contributed by atoms with Gasteiger partial charge in [0.1, 0.15) is 5.69 Å². The number of carbonyl (C=O) groups is 1. The number of H-pyrrole nitrogens is 1. The van der Waals surface area contributed by atoms with Gasteiger partial charge in [0.05, 0.1) is 17.2 Å². The van der Waals surface area contributed by atoms with Gasteiger partial charge in [0.25, 0.3) is 0 Å². The highest BCUT2D eigenvalue weighted by atomic mass is 35.5. The summed E-state index contributed by atoms with van der Waals surface area (Å²) in [5.41, 5.74) is 0.679. The number of hydrogen-bond donors (Lipinski definition) is 1. The average Bonchev–Trinajstić information content (AvgIpc) is 2.69. The first-order valence-electron chi connectivity index (χ1n) is 4.29. The molecule has 6 heteroatoms. The summed E-state index contributed by atoms with van der Waals surface area (Å²) >= 11 is 11.4. The lowest BCUT2D eigenvalue weighted by Crippen LogP contribution is -2.00. The van der Waals surface area contributed by atoms with Gasteiger partial charge in [-0.15, -0.1) is 0 Å². The van der Waals surface area contributed by atoms with E-state index in [-0.39, 0.29) is 15.7 Å². The standard InChI is InChI=1S/C10H6Cl2FNO2/c1-16-10(15)7-2-4-6(14-7)3-5(11)9(13)8(4)12/h2-3,14H,1H3. The van der Waals surface area contributed by atoms with E-state index in [4.69, 9.17) is 23.2 Å². The van der Waals surface area contributed by atoms with E-state index in [9.17, 15) is 9.18 Å². The molecular formula is C10H6Cl2FNO2. The van der Waals surface area contributed by atoms with Crippen LogP contribution in [-0.4, -0.2) is 18.1 Å². The van der Waals surface area contributed by atoms with Crippen LogP contribution in [0.2, 0.25) is 10.0 Å². The average molecular weight is 262 g/mol. The van der Waals surface area contributed by atoms with Gasteiger partial charge in [0, 0.05) is 10.9 Å². The Kier molecular flexibility index (Phi) is 2.78. The van der Waals surface area contributed by atoms with Crippen molar-refractivity contribution in [1.82, 2.24) is 4.98 Å². The zero-order valence-electron chi connectivity index (χ0n) is 8.11. The van der Waals surface area contributed by atoms with Gasteiger partial charge in [-0.2, -0.15) is 0 Å².